The van der Waals surface area contributed by atoms with Gasteiger partial charge in [0.05, 0.1) is 0 Å². The van der Waals surface area contributed by atoms with Gasteiger partial charge in [0.25, 0.3) is 0 Å². The van der Waals surface area contributed by atoms with Crippen LogP contribution >= 0.6 is 0 Å². The largest absolute Gasteiger partial charge is 0.481 e. The van der Waals surface area contributed by atoms with Crippen molar-refractivity contribution in [1.82, 2.24) is 5.32 Å². The summed E-state index contributed by atoms with van der Waals surface area (Å²) in [6.45, 7) is 2.16. The van der Waals surface area contributed by atoms with Crippen LogP contribution in [0.25, 0.3) is 0 Å². The second-order valence-corrected chi connectivity index (χ2v) is 3.68. The number of carboxylic acid groups (broad SMARTS) is 1. The number of rotatable bonds is 2. The zero-order valence-corrected chi connectivity index (χ0v) is 6.42. The van der Waals surface area contributed by atoms with Crippen molar-refractivity contribution in [2.24, 2.45) is 17.8 Å². The van der Waals surface area contributed by atoms with Gasteiger partial charge in [0, 0.05) is 6.42 Å². The minimum atomic E-state index is -0.639. The zero-order valence-electron chi connectivity index (χ0n) is 6.42. The van der Waals surface area contributed by atoms with Crippen molar-refractivity contribution >= 4 is 5.97 Å². The summed E-state index contributed by atoms with van der Waals surface area (Å²) in [5.74, 6) is 1.29. The van der Waals surface area contributed by atoms with Crippen LogP contribution < -0.4 is 5.32 Å². The lowest BCUT2D eigenvalue weighted by atomic mass is 9.65. The number of nitrogens with one attached hydrogen (secondary N) is 1. The topological polar surface area (TPSA) is 49.3 Å². The number of hydrogen-bond donors (Lipinski definition) is 2. The highest BCUT2D eigenvalue weighted by Gasteiger charge is 2.44. The second kappa shape index (κ2) is 2.48. The van der Waals surface area contributed by atoms with E-state index in [9.17, 15) is 4.79 Å². The summed E-state index contributed by atoms with van der Waals surface area (Å²) in [5, 5.41) is 11.8. The molecule has 3 heteroatoms. The summed E-state index contributed by atoms with van der Waals surface area (Å²) in [4.78, 5) is 10.4. The third-order valence-corrected chi connectivity index (χ3v) is 3.04. The van der Waals surface area contributed by atoms with E-state index in [0.29, 0.717) is 18.3 Å². The lowest BCUT2D eigenvalue weighted by Crippen LogP contribution is -2.36. The van der Waals surface area contributed by atoms with E-state index in [4.69, 9.17) is 5.11 Å². The maximum Gasteiger partial charge on any atom is 0.303 e. The van der Waals surface area contributed by atoms with Crippen LogP contribution in [0.5, 0.6) is 0 Å². The highest BCUT2D eigenvalue weighted by molar-refractivity contribution is 5.67. The molecule has 0 aromatic rings. The summed E-state index contributed by atoms with van der Waals surface area (Å²) in [7, 11) is 0. The number of carbonyl (C=O) groups is 1. The average Bonchev–Trinajstić information content (AvgIpc) is 2.26. The number of aliphatic carboxylic acids is 1. The monoisotopic (exact) mass is 155 g/mol. The summed E-state index contributed by atoms with van der Waals surface area (Å²) in [5.41, 5.74) is 0. The van der Waals surface area contributed by atoms with Crippen LogP contribution in [0.4, 0.5) is 0 Å². The van der Waals surface area contributed by atoms with Crippen molar-refractivity contribution in [2.75, 3.05) is 13.1 Å². The molecule has 1 saturated heterocycles. The van der Waals surface area contributed by atoms with Gasteiger partial charge in [-0.15, -0.1) is 0 Å². The minimum Gasteiger partial charge on any atom is -0.481 e. The third kappa shape index (κ3) is 1.13. The van der Waals surface area contributed by atoms with Gasteiger partial charge in [0.2, 0.25) is 0 Å². The van der Waals surface area contributed by atoms with Crippen molar-refractivity contribution < 1.29 is 9.90 Å². The molecule has 0 aromatic carbocycles. The van der Waals surface area contributed by atoms with Gasteiger partial charge < -0.3 is 10.4 Å². The van der Waals surface area contributed by atoms with E-state index >= 15 is 0 Å². The van der Waals surface area contributed by atoms with Crippen molar-refractivity contribution in [3.63, 3.8) is 0 Å². The Morgan fingerprint density at radius 2 is 2.36 bits per heavy atom. The molecule has 3 unspecified atom stereocenters. The van der Waals surface area contributed by atoms with E-state index in [1.807, 2.05) is 0 Å². The molecular formula is C8H13NO2. The summed E-state index contributed by atoms with van der Waals surface area (Å²) >= 11 is 0. The SMILES string of the molecule is O=C(O)CC1CC2CNCC21. The predicted molar refractivity (Wildman–Crippen MR) is 40.2 cm³/mol. The van der Waals surface area contributed by atoms with E-state index in [2.05, 4.69) is 5.32 Å². The maximum absolute atomic E-state index is 10.4. The van der Waals surface area contributed by atoms with Crippen LogP contribution in [0, 0.1) is 17.8 Å². The van der Waals surface area contributed by atoms with Crippen LogP contribution in [0.2, 0.25) is 0 Å². The van der Waals surface area contributed by atoms with Crippen molar-refractivity contribution in [2.45, 2.75) is 12.8 Å². The summed E-state index contributed by atoms with van der Waals surface area (Å²) < 4.78 is 0. The van der Waals surface area contributed by atoms with Gasteiger partial charge in [-0.3, -0.25) is 4.79 Å². The Morgan fingerprint density at radius 1 is 1.55 bits per heavy atom. The van der Waals surface area contributed by atoms with Crippen LogP contribution in [-0.2, 0) is 4.79 Å². The Kier molecular flexibility index (Phi) is 1.60. The molecule has 1 heterocycles. The molecule has 3 atom stereocenters. The number of hydrogen-bond acceptors (Lipinski definition) is 2. The normalized spacial score (nSPS) is 41.3. The first kappa shape index (κ1) is 7.10. The van der Waals surface area contributed by atoms with Crippen LogP contribution in [-0.4, -0.2) is 24.2 Å². The molecule has 1 aliphatic heterocycles. The first-order valence-corrected chi connectivity index (χ1v) is 4.20. The Hall–Kier alpha value is -0.570. The van der Waals surface area contributed by atoms with E-state index < -0.39 is 5.97 Å². The predicted octanol–water partition coefficient (Wildman–Crippen LogP) is 0.317. The molecule has 62 valence electrons. The third-order valence-electron chi connectivity index (χ3n) is 3.04. The molecule has 2 aliphatic rings. The highest BCUT2D eigenvalue weighted by Crippen LogP contribution is 2.44. The van der Waals surface area contributed by atoms with Gasteiger partial charge in [0.1, 0.15) is 0 Å². The molecule has 2 fully saturated rings. The number of fused-ring (bicyclic) bond motifs is 1. The maximum atomic E-state index is 10.4. The van der Waals surface area contributed by atoms with Gasteiger partial charge in [-0.25, -0.2) is 0 Å². The second-order valence-electron chi connectivity index (χ2n) is 3.68. The fourth-order valence-corrected chi connectivity index (χ4v) is 2.39. The summed E-state index contributed by atoms with van der Waals surface area (Å²) in [6.07, 6.45) is 1.51. The fraction of sp³-hybridized carbons (Fsp3) is 0.875. The van der Waals surface area contributed by atoms with Crippen molar-refractivity contribution in [3.8, 4) is 0 Å². The van der Waals surface area contributed by atoms with Crippen LogP contribution in [0.15, 0.2) is 0 Å². The molecule has 0 spiro atoms. The number of carboxylic acids is 1. The van der Waals surface area contributed by atoms with E-state index in [-0.39, 0.29) is 0 Å². The molecule has 1 aliphatic carbocycles. The first-order valence-electron chi connectivity index (χ1n) is 4.20. The van der Waals surface area contributed by atoms with Gasteiger partial charge in [-0.05, 0) is 37.3 Å². The van der Waals surface area contributed by atoms with Crippen molar-refractivity contribution in [1.29, 1.82) is 0 Å². The van der Waals surface area contributed by atoms with Crippen molar-refractivity contribution in [3.05, 3.63) is 0 Å². The van der Waals surface area contributed by atoms with Crippen LogP contribution in [0.3, 0.4) is 0 Å². The quantitative estimate of drug-likeness (QED) is 0.603. The van der Waals surface area contributed by atoms with Gasteiger partial charge in [0.15, 0.2) is 0 Å². The molecule has 0 bridgehead atoms. The molecule has 2 N–H and O–H groups in total. The zero-order chi connectivity index (χ0) is 7.84. The molecule has 0 aromatic heterocycles. The standard InChI is InChI=1S/C8H13NO2/c10-8(11)2-5-1-6-3-9-4-7(5)6/h5-7,9H,1-4H2,(H,10,11). The molecular weight excluding hydrogens is 142 g/mol. The van der Waals surface area contributed by atoms with E-state index in [0.717, 1.165) is 25.4 Å². The molecule has 2 rings (SSSR count). The smallest absolute Gasteiger partial charge is 0.303 e. The van der Waals surface area contributed by atoms with Gasteiger partial charge >= 0.3 is 5.97 Å². The molecule has 1 saturated carbocycles. The van der Waals surface area contributed by atoms with E-state index in [1.165, 1.54) is 0 Å². The average molecular weight is 155 g/mol. The molecule has 11 heavy (non-hydrogen) atoms. The Morgan fingerprint density at radius 3 is 3.00 bits per heavy atom. The molecule has 0 amide bonds. The lowest BCUT2D eigenvalue weighted by molar-refractivity contribution is -0.140. The first-order chi connectivity index (χ1) is 5.27. The summed E-state index contributed by atoms with van der Waals surface area (Å²) in [6, 6.07) is 0. The highest BCUT2D eigenvalue weighted by atomic mass is 16.4. The lowest BCUT2D eigenvalue weighted by Gasteiger charge is -2.38. The Labute approximate surface area is 65.8 Å². The van der Waals surface area contributed by atoms with Crippen LogP contribution in [0.1, 0.15) is 12.8 Å². The minimum absolute atomic E-state index is 0.378. The fourth-order valence-electron chi connectivity index (χ4n) is 2.39. The van der Waals surface area contributed by atoms with Gasteiger partial charge in [-0.2, -0.15) is 0 Å². The van der Waals surface area contributed by atoms with Gasteiger partial charge in [-0.1, -0.05) is 0 Å². The van der Waals surface area contributed by atoms with E-state index in [1.54, 1.807) is 0 Å². The Balaban J connectivity index is 1.85. The molecule has 0 radical (unpaired) electrons. The molecule has 3 nitrogen and oxygen atoms in total. The Bertz CT molecular complexity index is 181.